The van der Waals surface area contributed by atoms with Crippen LogP contribution in [0.3, 0.4) is 0 Å². The molecular weight excluding hydrogens is 428 g/mol. The molecule has 1 aromatic rings. The molecule has 8 nitrogen and oxygen atoms in total. The zero-order valence-electron chi connectivity index (χ0n) is 19.0. The zero-order valence-corrected chi connectivity index (χ0v) is 19.7. The van der Waals surface area contributed by atoms with E-state index in [4.69, 9.17) is 16.6 Å². The summed E-state index contributed by atoms with van der Waals surface area (Å²) in [6.45, 7) is 7.33. The number of urea groups is 1. The maximum absolute atomic E-state index is 12.7. The molecule has 0 aromatic heterocycles. The Morgan fingerprint density at radius 2 is 1.91 bits per heavy atom. The Morgan fingerprint density at radius 1 is 1.12 bits per heavy atom. The number of carbonyl (C=O) groups is 2. The molecule has 0 bridgehead atoms. The normalized spacial score (nSPS) is 24.0. The van der Waals surface area contributed by atoms with Crippen molar-refractivity contribution in [2.75, 3.05) is 39.8 Å². The van der Waals surface area contributed by atoms with Crippen molar-refractivity contribution in [3.63, 3.8) is 0 Å². The Balaban J connectivity index is 1.44. The largest absolute Gasteiger partial charge is 0.340 e. The van der Waals surface area contributed by atoms with Crippen LogP contribution in [0.1, 0.15) is 38.2 Å². The number of fused-ring (bicyclic) bond motifs is 1. The van der Waals surface area contributed by atoms with Crippen molar-refractivity contribution in [2.24, 2.45) is 4.99 Å². The van der Waals surface area contributed by atoms with Gasteiger partial charge in [-0.3, -0.25) is 15.0 Å². The highest BCUT2D eigenvalue weighted by molar-refractivity contribution is 6.30. The fourth-order valence-corrected chi connectivity index (χ4v) is 4.94. The van der Waals surface area contributed by atoms with Crippen LogP contribution in [0.15, 0.2) is 29.3 Å². The number of likely N-dealkylation sites (N-methyl/N-ethyl adjacent to an activating group) is 1. The van der Waals surface area contributed by atoms with Crippen molar-refractivity contribution in [2.45, 2.75) is 51.4 Å². The average molecular weight is 461 g/mol. The molecule has 2 saturated heterocycles. The Labute approximate surface area is 195 Å². The number of hydrogen-bond acceptors (Lipinski definition) is 6. The predicted octanol–water partition coefficient (Wildman–Crippen LogP) is 2.59. The van der Waals surface area contributed by atoms with E-state index in [1.54, 1.807) is 11.9 Å². The number of imide groups is 1. The summed E-state index contributed by atoms with van der Waals surface area (Å²) < 4.78 is 0. The summed E-state index contributed by atoms with van der Waals surface area (Å²) in [4.78, 5) is 38.1. The van der Waals surface area contributed by atoms with E-state index in [1.807, 2.05) is 18.2 Å². The molecular formula is C23H33ClN6O2. The van der Waals surface area contributed by atoms with Gasteiger partial charge < -0.3 is 14.7 Å². The molecule has 9 heteroatoms. The molecule has 3 amide bonds. The number of rotatable bonds is 7. The topological polar surface area (TPSA) is 71.5 Å². The Bertz CT molecular complexity index is 870. The number of halogens is 1. The SMILES string of the molecule is CCCCCCN1C(N2CCN(Cc3cccc(Cl)c3)CC2)=NC2C1C(=O)NC(=O)N2C. The third-order valence-corrected chi connectivity index (χ3v) is 6.78. The maximum Gasteiger partial charge on any atom is 0.325 e. The molecule has 0 aliphatic carbocycles. The Morgan fingerprint density at radius 3 is 2.62 bits per heavy atom. The third kappa shape index (κ3) is 4.86. The number of amides is 3. The molecule has 32 heavy (non-hydrogen) atoms. The lowest BCUT2D eigenvalue weighted by Crippen LogP contribution is -2.64. The lowest BCUT2D eigenvalue weighted by molar-refractivity contribution is -0.127. The van der Waals surface area contributed by atoms with Crippen molar-refractivity contribution >= 4 is 29.5 Å². The van der Waals surface area contributed by atoms with Gasteiger partial charge in [0, 0.05) is 51.3 Å². The number of nitrogens with one attached hydrogen (secondary N) is 1. The zero-order chi connectivity index (χ0) is 22.7. The molecule has 0 radical (unpaired) electrons. The molecule has 1 N–H and O–H groups in total. The van der Waals surface area contributed by atoms with Crippen LogP contribution in [-0.4, -0.2) is 89.5 Å². The van der Waals surface area contributed by atoms with Crippen LogP contribution < -0.4 is 5.32 Å². The van der Waals surface area contributed by atoms with Crippen molar-refractivity contribution in [1.82, 2.24) is 24.9 Å². The second-order valence-corrected chi connectivity index (χ2v) is 9.28. The average Bonchev–Trinajstić information content (AvgIpc) is 3.16. The standard InChI is InChI=1S/C23H33ClN6O2/c1-3-4-5-6-10-30-19-20(27(2)23(32)26-21(19)31)25-22(30)29-13-11-28(12-14-29)16-17-8-7-9-18(24)15-17/h7-9,15,19-20H,3-6,10-14,16H2,1-2H3,(H,26,31,32). The summed E-state index contributed by atoms with van der Waals surface area (Å²) in [6, 6.07) is 7.18. The van der Waals surface area contributed by atoms with Gasteiger partial charge in [0.2, 0.25) is 0 Å². The van der Waals surface area contributed by atoms with E-state index in [9.17, 15) is 9.59 Å². The molecule has 3 heterocycles. The molecule has 3 aliphatic rings. The van der Waals surface area contributed by atoms with E-state index >= 15 is 0 Å². The fourth-order valence-electron chi connectivity index (χ4n) is 4.72. The van der Waals surface area contributed by atoms with E-state index in [0.717, 1.165) is 63.1 Å². The number of piperazine rings is 1. The number of guanidine groups is 1. The van der Waals surface area contributed by atoms with Crippen LogP contribution in [0.25, 0.3) is 0 Å². The highest BCUT2D eigenvalue weighted by Gasteiger charge is 2.49. The van der Waals surface area contributed by atoms with Crippen molar-refractivity contribution in [3.8, 4) is 0 Å². The van der Waals surface area contributed by atoms with Crippen molar-refractivity contribution in [1.29, 1.82) is 0 Å². The van der Waals surface area contributed by atoms with E-state index in [0.29, 0.717) is 0 Å². The van der Waals surface area contributed by atoms with Crippen LogP contribution in [0.2, 0.25) is 5.02 Å². The minimum Gasteiger partial charge on any atom is -0.340 e. The molecule has 0 saturated carbocycles. The number of carbonyl (C=O) groups excluding carboxylic acids is 2. The van der Waals surface area contributed by atoms with E-state index in [2.05, 4.69) is 33.0 Å². The van der Waals surface area contributed by atoms with Crippen molar-refractivity contribution in [3.05, 3.63) is 34.9 Å². The van der Waals surface area contributed by atoms with Crippen LogP contribution in [0.5, 0.6) is 0 Å². The molecule has 2 fully saturated rings. The number of unbranched alkanes of at least 4 members (excludes halogenated alkanes) is 3. The van der Waals surface area contributed by atoms with Gasteiger partial charge in [-0.25, -0.2) is 9.79 Å². The van der Waals surface area contributed by atoms with E-state index < -0.39 is 12.2 Å². The highest BCUT2D eigenvalue weighted by atomic mass is 35.5. The van der Waals surface area contributed by atoms with Gasteiger partial charge in [0.1, 0.15) is 0 Å². The van der Waals surface area contributed by atoms with E-state index in [-0.39, 0.29) is 11.9 Å². The maximum atomic E-state index is 12.7. The number of benzene rings is 1. The second kappa shape index (κ2) is 10.1. The first-order chi connectivity index (χ1) is 15.5. The number of hydrogen-bond donors (Lipinski definition) is 1. The van der Waals surface area contributed by atoms with Crippen LogP contribution in [0.4, 0.5) is 4.79 Å². The summed E-state index contributed by atoms with van der Waals surface area (Å²) >= 11 is 6.13. The molecule has 174 valence electrons. The molecule has 4 rings (SSSR count). The first-order valence-corrected chi connectivity index (χ1v) is 12.0. The summed E-state index contributed by atoms with van der Waals surface area (Å²) in [5.41, 5.74) is 1.21. The quantitative estimate of drug-likeness (QED) is 0.633. The Kier molecular flexibility index (Phi) is 7.20. The molecule has 2 atom stereocenters. The van der Waals surface area contributed by atoms with Crippen LogP contribution in [-0.2, 0) is 11.3 Å². The highest BCUT2D eigenvalue weighted by Crippen LogP contribution is 2.27. The first-order valence-electron chi connectivity index (χ1n) is 11.6. The van der Waals surface area contributed by atoms with Gasteiger partial charge in [0.15, 0.2) is 18.2 Å². The molecule has 3 aliphatic heterocycles. The second-order valence-electron chi connectivity index (χ2n) is 8.84. The van der Waals surface area contributed by atoms with Gasteiger partial charge >= 0.3 is 6.03 Å². The van der Waals surface area contributed by atoms with Gasteiger partial charge in [-0.05, 0) is 24.1 Å². The Hall–Kier alpha value is -2.32. The fraction of sp³-hybridized carbons (Fsp3) is 0.609. The number of nitrogens with zero attached hydrogens (tertiary/aromatic N) is 5. The van der Waals surface area contributed by atoms with Gasteiger partial charge in [-0.2, -0.15) is 0 Å². The monoisotopic (exact) mass is 460 g/mol. The number of aliphatic imine (C=N–C) groups is 1. The summed E-state index contributed by atoms with van der Waals surface area (Å²) in [5, 5.41) is 3.25. The smallest absolute Gasteiger partial charge is 0.325 e. The van der Waals surface area contributed by atoms with E-state index in [1.165, 1.54) is 18.4 Å². The third-order valence-electron chi connectivity index (χ3n) is 6.54. The van der Waals surface area contributed by atoms with Gasteiger partial charge in [0.25, 0.3) is 5.91 Å². The molecule has 1 aromatic carbocycles. The minimum atomic E-state index is -0.457. The summed E-state index contributed by atoms with van der Waals surface area (Å²) in [7, 11) is 1.71. The van der Waals surface area contributed by atoms with Crippen molar-refractivity contribution < 1.29 is 9.59 Å². The molecule has 0 spiro atoms. The first kappa shape index (κ1) is 22.9. The molecule has 2 unspecified atom stereocenters. The predicted molar refractivity (Wildman–Crippen MR) is 125 cm³/mol. The lowest BCUT2D eigenvalue weighted by Gasteiger charge is -2.40. The van der Waals surface area contributed by atoms with Gasteiger partial charge in [-0.15, -0.1) is 0 Å². The van der Waals surface area contributed by atoms with Gasteiger partial charge in [0.05, 0.1) is 0 Å². The van der Waals surface area contributed by atoms with Crippen LogP contribution in [0, 0.1) is 0 Å². The van der Waals surface area contributed by atoms with Crippen LogP contribution >= 0.6 is 11.6 Å². The summed E-state index contributed by atoms with van der Waals surface area (Å²) in [5.74, 6) is 0.613. The minimum absolute atomic E-state index is 0.244. The summed E-state index contributed by atoms with van der Waals surface area (Å²) in [6.07, 6.45) is 4.03. The van der Waals surface area contributed by atoms with Gasteiger partial charge in [-0.1, -0.05) is 49.9 Å². The lowest BCUT2D eigenvalue weighted by atomic mass is 10.1.